The summed E-state index contributed by atoms with van der Waals surface area (Å²) < 4.78 is 25.1. The van der Waals surface area contributed by atoms with E-state index in [2.05, 4.69) is 4.98 Å². The summed E-state index contributed by atoms with van der Waals surface area (Å²) in [5, 5.41) is 0. The molecule has 0 aliphatic rings. The minimum absolute atomic E-state index is 0.0730. The largest absolute Gasteiger partial charge is 0.280 e. The van der Waals surface area contributed by atoms with E-state index < -0.39 is 6.43 Å². The van der Waals surface area contributed by atoms with Crippen molar-refractivity contribution in [1.29, 1.82) is 0 Å². The molecule has 0 aromatic carbocycles. The van der Waals surface area contributed by atoms with Crippen LogP contribution in [-0.4, -0.2) is 4.98 Å². The van der Waals surface area contributed by atoms with Gasteiger partial charge in [0, 0.05) is 5.88 Å². The monoisotopic (exact) mass is 303 g/mol. The molecule has 12 heavy (non-hydrogen) atoms. The molecule has 0 spiro atoms. The van der Waals surface area contributed by atoms with Crippen LogP contribution in [0, 0.1) is 3.70 Å². The van der Waals surface area contributed by atoms with E-state index in [4.69, 9.17) is 11.6 Å². The Balaban J connectivity index is 3.12. The maximum Gasteiger partial charge on any atom is 0.280 e. The van der Waals surface area contributed by atoms with Crippen molar-refractivity contribution in [1.82, 2.24) is 4.98 Å². The minimum Gasteiger partial charge on any atom is -0.241 e. The maximum atomic E-state index is 12.3. The predicted octanol–water partition coefficient (Wildman–Crippen LogP) is 3.36. The summed E-state index contributed by atoms with van der Waals surface area (Å²) in [5.74, 6) is 0.0730. The molecule has 0 fully saturated rings. The molecule has 1 nitrogen and oxygen atoms in total. The second-order valence-electron chi connectivity index (χ2n) is 2.11. The molecule has 0 unspecified atom stereocenters. The van der Waals surface area contributed by atoms with Gasteiger partial charge >= 0.3 is 0 Å². The fourth-order valence-corrected chi connectivity index (χ4v) is 1.45. The second-order valence-corrected chi connectivity index (χ2v) is 3.49. The average Bonchev–Trinajstić information content (AvgIpc) is 2.04. The molecule has 1 rings (SSSR count). The molecule has 0 bridgehead atoms. The van der Waals surface area contributed by atoms with Crippen molar-refractivity contribution < 1.29 is 8.78 Å². The van der Waals surface area contributed by atoms with Gasteiger partial charge in [-0.2, -0.15) is 0 Å². The standard InChI is InChI=1S/C7H5ClF2IN/c8-3-4-1-2-5(11)12-6(4)7(9)10/h1-2,7H,3H2. The molecule has 0 saturated carbocycles. The normalized spacial score (nSPS) is 10.8. The van der Waals surface area contributed by atoms with E-state index >= 15 is 0 Å². The lowest BCUT2D eigenvalue weighted by molar-refractivity contribution is 0.145. The number of pyridine rings is 1. The fourth-order valence-electron chi connectivity index (χ4n) is 0.781. The van der Waals surface area contributed by atoms with E-state index in [1.807, 2.05) is 22.6 Å². The highest BCUT2D eigenvalue weighted by atomic mass is 127. The Kier molecular flexibility index (Phi) is 3.64. The first-order valence-corrected chi connectivity index (χ1v) is 4.76. The zero-order valence-electron chi connectivity index (χ0n) is 5.90. The highest BCUT2D eigenvalue weighted by molar-refractivity contribution is 14.1. The smallest absolute Gasteiger partial charge is 0.241 e. The highest BCUT2D eigenvalue weighted by Gasteiger charge is 2.14. The van der Waals surface area contributed by atoms with Crippen LogP contribution in [0.1, 0.15) is 17.7 Å². The summed E-state index contributed by atoms with van der Waals surface area (Å²) in [5.41, 5.74) is 0.184. The molecule has 0 aliphatic carbocycles. The third-order valence-electron chi connectivity index (χ3n) is 1.33. The lowest BCUT2D eigenvalue weighted by Gasteiger charge is -2.04. The van der Waals surface area contributed by atoms with Crippen LogP contribution in [0.25, 0.3) is 0 Å². The Labute approximate surface area is 87.3 Å². The van der Waals surface area contributed by atoms with E-state index in [0.717, 1.165) is 0 Å². The van der Waals surface area contributed by atoms with Crippen molar-refractivity contribution in [3.05, 3.63) is 27.1 Å². The Morgan fingerprint density at radius 1 is 1.50 bits per heavy atom. The van der Waals surface area contributed by atoms with Crippen LogP contribution >= 0.6 is 34.2 Å². The Hall–Kier alpha value is 0.0300. The number of alkyl halides is 3. The van der Waals surface area contributed by atoms with E-state index in [0.29, 0.717) is 9.26 Å². The van der Waals surface area contributed by atoms with Crippen LogP contribution in [-0.2, 0) is 5.88 Å². The topological polar surface area (TPSA) is 12.9 Å². The van der Waals surface area contributed by atoms with E-state index in [1.165, 1.54) is 0 Å². The molecule has 0 saturated heterocycles. The lowest BCUT2D eigenvalue weighted by atomic mass is 10.2. The SMILES string of the molecule is FC(F)c1nc(I)ccc1CCl. The van der Waals surface area contributed by atoms with Crippen molar-refractivity contribution in [2.75, 3.05) is 0 Å². The van der Waals surface area contributed by atoms with Crippen molar-refractivity contribution in [3.63, 3.8) is 0 Å². The van der Waals surface area contributed by atoms with Gasteiger partial charge in [-0.1, -0.05) is 6.07 Å². The van der Waals surface area contributed by atoms with Crippen molar-refractivity contribution >= 4 is 34.2 Å². The summed E-state index contributed by atoms with van der Waals surface area (Å²) in [6.45, 7) is 0. The third-order valence-corrected chi connectivity index (χ3v) is 2.22. The minimum atomic E-state index is -2.55. The molecule has 0 radical (unpaired) electrons. The van der Waals surface area contributed by atoms with Gasteiger partial charge in [-0.15, -0.1) is 11.6 Å². The lowest BCUT2D eigenvalue weighted by Crippen LogP contribution is -1.97. The second kappa shape index (κ2) is 4.32. The molecule has 0 N–H and O–H groups in total. The molecule has 66 valence electrons. The molecular formula is C7H5ClF2IN. The number of hydrogen-bond acceptors (Lipinski definition) is 1. The van der Waals surface area contributed by atoms with Crippen LogP contribution in [0.4, 0.5) is 8.78 Å². The number of hydrogen-bond donors (Lipinski definition) is 0. The van der Waals surface area contributed by atoms with E-state index in [1.54, 1.807) is 12.1 Å². The molecular weight excluding hydrogens is 298 g/mol. The Morgan fingerprint density at radius 3 is 2.67 bits per heavy atom. The fraction of sp³-hybridized carbons (Fsp3) is 0.286. The third kappa shape index (κ3) is 2.26. The van der Waals surface area contributed by atoms with Crippen LogP contribution in [0.3, 0.4) is 0 Å². The zero-order chi connectivity index (χ0) is 9.14. The van der Waals surface area contributed by atoms with Crippen LogP contribution in [0.2, 0.25) is 0 Å². The van der Waals surface area contributed by atoms with Crippen molar-refractivity contribution in [2.24, 2.45) is 0 Å². The van der Waals surface area contributed by atoms with Gasteiger partial charge in [0.2, 0.25) is 0 Å². The molecule has 1 aromatic rings. The van der Waals surface area contributed by atoms with Crippen LogP contribution < -0.4 is 0 Å². The molecule has 1 aromatic heterocycles. The molecule has 0 atom stereocenters. The molecule has 1 heterocycles. The first-order chi connectivity index (χ1) is 5.65. The van der Waals surface area contributed by atoms with Crippen molar-refractivity contribution in [3.8, 4) is 0 Å². The van der Waals surface area contributed by atoms with Gasteiger partial charge in [0.25, 0.3) is 6.43 Å². The van der Waals surface area contributed by atoms with Gasteiger partial charge < -0.3 is 0 Å². The van der Waals surface area contributed by atoms with Gasteiger partial charge in [-0.25, -0.2) is 13.8 Å². The predicted molar refractivity (Wildman–Crippen MR) is 51.5 cm³/mol. The van der Waals surface area contributed by atoms with E-state index in [9.17, 15) is 8.78 Å². The number of rotatable bonds is 2. The zero-order valence-corrected chi connectivity index (χ0v) is 8.81. The first-order valence-electron chi connectivity index (χ1n) is 3.14. The number of aromatic nitrogens is 1. The summed E-state index contributed by atoms with van der Waals surface area (Å²) in [4.78, 5) is 3.70. The van der Waals surface area contributed by atoms with Gasteiger partial charge in [0.1, 0.15) is 9.39 Å². The van der Waals surface area contributed by atoms with Gasteiger partial charge in [-0.3, -0.25) is 0 Å². The van der Waals surface area contributed by atoms with E-state index in [-0.39, 0.29) is 11.6 Å². The highest BCUT2D eigenvalue weighted by Crippen LogP contribution is 2.22. The Bertz CT molecular complexity index is 280. The first kappa shape index (κ1) is 10.1. The van der Waals surface area contributed by atoms with Gasteiger partial charge in [-0.05, 0) is 34.2 Å². The summed E-state index contributed by atoms with van der Waals surface area (Å²) in [6.07, 6.45) is -2.55. The molecule has 0 aliphatic heterocycles. The quantitative estimate of drug-likeness (QED) is 0.464. The summed E-state index contributed by atoms with van der Waals surface area (Å²) in [6, 6.07) is 3.23. The van der Waals surface area contributed by atoms with Crippen LogP contribution in [0.5, 0.6) is 0 Å². The number of halogens is 4. The van der Waals surface area contributed by atoms with Crippen molar-refractivity contribution in [2.45, 2.75) is 12.3 Å². The average molecular weight is 303 g/mol. The van der Waals surface area contributed by atoms with Gasteiger partial charge in [0.05, 0.1) is 0 Å². The Morgan fingerprint density at radius 2 is 2.17 bits per heavy atom. The van der Waals surface area contributed by atoms with Crippen LogP contribution in [0.15, 0.2) is 12.1 Å². The number of nitrogens with zero attached hydrogens (tertiary/aromatic N) is 1. The maximum absolute atomic E-state index is 12.3. The van der Waals surface area contributed by atoms with Gasteiger partial charge in [0.15, 0.2) is 0 Å². The molecule has 0 amide bonds. The summed E-state index contributed by atoms with van der Waals surface area (Å²) >= 11 is 7.34. The molecule has 5 heteroatoms. The summed E-state index contributed by atoms with van der Waals surface area (Å²) in [7, 11) is 0.